The number of H-pyrrole nitrogens is 1. The molecule has 25 heavy (non-hydrogen) atoms. The number of ketones is 1. The summed E-state index contributed by atoms with van der Waals surface area (Å²) in [4.78, 5) is 31.5. The summed E-state index contributed by atoms with van der Waals surface area (Å²) in [6, 6.07) is 1.88. The lowest BCUT2D eigenvalue weighted by atomic mass is 9.91. The predicted molar refractivity (Wildman–Crippen MR) is 99.0 cm³/mol. The van der Waals surface area contributed by atoms with E-state index >= 15 is 0 Å². The first-order chi connectivity index (χ1) is 12.0. The van der Waals surface area contributed by atoms with Crippen LogP contribution in [0.15, 0.2) is 27.1 Å². The molecule has 2 heterocycles. The fourth-order valence-electron chi connectivity index (χ4n) is 3.19. The third-order valence-corrected chi connectivity index (χ3v) is 5.67. The van der Waals surface area contributed by atoms with Gasteiger partial charge >= 0.3 is 0 Å². The normalized spacial score (nSPS) is 15.3. The number of fused-ring (bicyclic) bond motifs is 1. The first-order valence-corrected chi connectivity index (χ1v) is 9.18. The maximum atomic E-state index is 13.0. The zero-order valence-electron chi connectivity index (χ0n) is 14.8. The number of carbonyl (C=O) groups is 1. The van der Waals surface area contributed by atoms with Crippen LogP contribution in [0.1, 0.15) is 46.0 Å². The van der Waals surface area contributed by atoms with Crippen LogP contribution in [-0.4, -0.2) is 34.1 Å². The second-order valence-corrected chi connectivity index (χ2v) is 7.06. The minimum Gasteiger partial charge on any atom is -0.399 e. The average molecular weight is 359 g/mol. The van der Waals surface area contributed by atoms with E-state index in [0.717, 1.165) is 39.5 Å². The minimum atomic E-state index is -0.289. The number of thioether (sulfide) groups is 1. The molecule has 132 valence electrons. The molecule has 1 N–H and O–H groups in total. The Morgan fingerprint density at radius 3 is 2.80 bits per heavy atom. The number of aromatic nitrogens is 2. The number of benzene rings is 1. The molecule has 0 radical (unpaired) electrons. The summed E-state index contributed by atoms with van der Waals surface area (Å²) in [5.41, 5.74) is 4.10. The van der Waals surface area contributed by atoms with Crippen molar-refractivity contribution < 1.29 is 9.63 Å². The van der Waals surface area contributed by atoms with Crippen LogP contribution in [0.5, 0.6) is 0 Å². The van der Waals surface area contributed by atoms with Gasteiger partial charge in [-0.25, -0.2) is 0 Å². The van der Waals surface area contributed by atoms with Gasteiger partial charge in [0.05, 0.1) is 5.71 Å². The fourth-order valence-corrected chi connectivity index (χ4v) is 4.39. The van der Waals surface area contributed by atoms with E-state index in [9.17, 15) is 9.59 Å². The summed E-state index contributed by atoms with van der Waals surface area (Å²) in [5, 5.41) is 6.99. The van der Waals surface area contributed by atoms with Gasteiger partial charge in [-0.05, 0) is 38.0 Å². The highest BCUT2D eigenvalue weighted by Gasteiger charge is 2.26. The average Bonchev–Trinajstić information content (AvgIpc) is 2.98. The van der Waals surface area contributed by atoms with E-state index in [2.05, 4.69) is 10.3 Å². The molecule has 0 aliphatic carbocycles. The van der Waals surface area contributed by atoms with Crippen LogP contribution in [0.25, 0.3) is 0 Å². The van der Waals surface area contributed by atoms with Crippen molar-refractivity contribution in [3.05, 3.63) is 50.4 Å². The lowest BCUT2D eigenvalue weighted by molar-refractivity contribution is 0.103. The van der Waals surface area contributed by atoms with E-state index in [1.54, 1.807) is 11.8 Å². The van der Waals surface area contributed by atoms with E-state index in [0.29, 0.717) is 12.1 Å². The Hall–Kier alpha value is -2.28. The van der Waals surface area contributed by atoms with Crippen LogP contribution in [-0.2, 0) is 11.4 Å². The number of nitrogens with zero attached hydrogens (tertiary/aromatic N) is 2. The van der Waals surface area contributed by atoms with Crippen LogP contribution in [0, 0.1) is 13.8 Å². The number of aromatic amines is 1. The number of oxime groups is 1. The molecule has 3 rings (SSSR count). The lowest BCUT2D eigenvalue weighted by Gasteiger charge is -2.23. The SMILES string of the molecule is CCn1[nH]cc(C(=O)c2cc(C)c3c(c2C)C(=NOC)CCS3)c1=O. The molecule has 0 saturated carbocycles. The molecule has 0 unspecified atom stereocenters. The summed E-state index contributed by atoms with van der Waals surface area (Å²) in [6.07, 6.45) is 2.28. The molecule has 1 aliphatic heterocycles. The molecule has 1 aliphatic rings. The molecule has 0 atom stereocenters. The maximum absolute atomic E-state index is 13.0. The van der Waals surface area contributed by atoms with Gasteiger partial charge in [0.1, 0.15) is 12.7 Å². The van der Waals surface area contributed by atoms with Gasteiger partial charge in [-0.1, -0.05) is 5.16 Å². The monoisotopic (exact) mass is 359 g/mol. The zero-order chi connectivity index (χ0) is 18.1. The number of hydrogen-bond acceptors (Lipinski definition) is 5. The van der Waals surface area contributed by atoms with Crippen molar-refractivity contribution in [3.63, 3.8) is 0 Å². The highest BCUT2D eigenvalue weighted by molar-refractivity contribution is 7.99. The van der Waals surface area contributed by atoms with E-state index < -0.39 is 0 Å². The molecule has 0 spiro atoms. The van der Waals surface area contributed by atoms with E-state index in [-0.39, 0.29) is 16.9 Å². The maximum Gasteiger partial charge on any atom is 0.277 e. The highest BCUT2D eigenvalue weighted by atomic mass is 32.2. The number of carbonyl (C=O) groups excluding carboxylic acids is 1. The van der Waals surface area contributed by atoms with Crippen LogP contribution in [0.3, 0.4) is 0 Å². The Morgan fingerprint density at radius 1 is 1.40 bits per heavy atom. The molecule has 6 nitrogen and oxygen atoms in total. The van der Waals surface area contributed by atoms with Crippen molar-refractivity contribution in [2.75, 3.05) is 12.9 Å². The van der Waals surface area contributed by atoms with Gasteiger partial charge < -0.3 is 9.94 Å². The molecule has 0 bridgehead atoms. The number of rotatable bonds is 4. The van der Waals surface area contributed by atoms with Gasteiger partial charge in [0, 0.05) is 40.9 Å². The van der Waals surface area contributed by atoms with Crippen LogP contribution in [0.2, 0.25) is 0 Å². The van der Waals surface area contributed by atoms with Crippen LogP contribution >= 0.6 is 11.8 Å². The van der Waals surface area contributed by atoms with Crippen molar-refractivity contribution >= 4 is 23.3 Å². The lowest BCUT2D eigenvalue weighted by Crippen LogP contribution is -2.22. The minimum absolute atomic E-state index is 0.165. The smallest absolute Gasteiger partial charge is 0.277 e. The number of hydrogen-bond donors (Lipinski definition) is 1. The molecule has 0 amide bonds. The quantitative estimate of drug-likeness (QED) is 0.673. The molecule has 2 aromatic rings. The summed E-state index contributed by atoms with van der Waals surface area (Å²) in [7, 11) is 1.53. The fraction of sp³-hybridized carbons (Fsp3) is 0.389. The highest BCUT2D eigenvalue weighted by Crippen LogP contribution is 2.37. The first-order valence-electron chi connectivity index (χ1n) is 8.19. The summed E-state index contributed by atoms with van der Waals surface area (Å²) in [5.74, 6) is 0.672. The van der Waals surface area contributed by atoms with Crippen molar-refractivity contribution in [2.45, 2.75) is 38.6 Å². The van der Waals surface area contributed by atoms with E-state index in [1.807, 2.05) is 26.8 Å². The second kappa shape index (κ2) is 6.92. The van der Waals surface area contributed by atoms with Gasteiger partial charge in [-0.3, -0.25) is 14.3 Å². The van der Waals surface area contributed by atoms with Gasteiger partial charge in [-0.2, -0.15) is 0 Å². The van der Waals surface area contributed by atoms with Crippen molar-refractivity contribution in [1.29, 1.82) is 0 Å². The van der Waals surface area contributed by atoms with Gasteiger partial charge in [0.2, 0.25) is 0 Å². The Labute approximate surface area is 150 Å². The van der Waals surface area contributed by atoms with Gasteiger partial charge in [0.25, 0.3) is 5.56 Å². The molecule has 1 aromatic heterocycles. The van der Waals surface area contributed by atoms with E-state index in [1.165, 1.54) is 18.0 Å². The second-order valence-electron chi connectivity index (χ2n) is 5.95. The zero-order valence-corrected chi connectivity index (χ0v) is 15.6. The molecule has 0 fully saturated rings. The predicted octanol–water partition coefficient (Wildman–Crippen LogP) is 2.89. The van der Waals surface area contributed by atoms with Crippen molar-refractivity contribution in [2.24, 2.45) is 5.16 Å². The summed E-state index contributed by atoms with van der Waals surface area (Å²) in [6.45, 7) is 6.24. The van der Waals surface area contributed by atoms with Crippen molar-refractivity contribution in [3.8, 4) is 0 Å². The Kier molecular flexibility index (Phi) is 4.85. The molecular weight excluding hydrogens is 338 g/mol. The molecule has 1 aromatic carbocycles. The Morgan fingerprint density at radius 2 is 2.16 bits per heavy atom. The standard InChI is InChI=1S/C18H21N3O3S/c1-5-21-18(23)13(9-19-21)16(22)12-8-10(2)17-15(11(12)3)14(20-24-4)6-7-25-17/h8-9,19H,5-7H2,1-4H3. The first kappa shape index (κ1) is 17.5. The topological polar surface area (TPSA) is 76.4 Å². The van der Waals surface area contributed by atoms with E-state index in [4.69, 9.17) is 4.84 Å². The third-order valence-electron chi connectivity index (χ3n) is 4.45. The van der Waals surface area contributed by atoms with Gasteiger partial charge in [0.15, 0.2) is 5.78 Å². The Balaban J connectivity index is 2.18. The molecule has 7 heteroatoms. The van der Waals surface area contributed by atoms with Crippen LogP contribution in [0.4, 0.5) is 0 Å². The van der Waals surface area contributed by atoms with Crippen LogP contribution < -0.4 is 5.56 Å². The summed E-state index contributed by atoms with van der Waals surface area (Å²) >= 11 is 1.77. The molecule has 0 saturated heterocycles. The van der Waals surface area contributed by atoms with Gasteiger partial charge in [-0.15, -0.1) is 11.8 Å². The number of nitrogens with one attached hydrogen (secondary N) is 1. The number of aryl methyl sites for hydroxylation is 2. The largest absolute Gasteiger partial charge is 0.399 e. The summed E-state index contributed by atoms with van der Waals surface area (Å²) < 4.78 is 1.42. The molecular formula is C18H21N3O3S. The Bertz CT molecular complexity index is 924. The van der Waals surface area contributed by atoms with Crippen molar-refractivity contribution in [1.82, 2.24) is 9.78 Å². The third kappa shape index (κ3) is 2.93.